The Morgan fingerprint density at radius 1 is 1.00 bits per heavy atom. The average Bonchev–Trinajstić information content (AvgIpc) is 3.15. The van der Waals surface area contributed by atoms with E-state index in [0.717, 1.165) is 10.9 Å². The zero-order chi connectivity index (χ0) is 20.4. The number of hydrazine groups is 1. The highest BCUT2D eigenvalue weighted by molar-refractivity contribution is 6.15. The Balaban J connectivity index is 1.72. The summed E-state index contributed by atoms with van der Waals surface area (Å²) in [6.45, 7) is 0. The number of aromatic amines is 1. The van der Waals surface area contributed by atoms with E-state index in [1.54, 1.807) is 37.4 Å². The number of H-pyrrole nitrogens is 1. The second kappa shape index (κ2) is 7.51. The molecule has 0 atom stereocenters. The number of carbonyl (C=O) groups is 2. The molecular weight excluding hydrogens is 372 g/mol. The van der Waals surface area contributed by atoms with Crippen LogP contribution in [0.5, 0.6) is 5.75 Å². The fourth-order valence-corrected chi connectivity index (χ4v) is 3.08. The number of aromatic nitrogens is 2. The summed E-state index contributed by atoms with van der Waals surface area (Å²) in [6.07, 6.45) is 0. The second-order valence-corrected chi connectivity index (χ2v) is 6.25. The molecule has 0 aliphatic heterocycles. The maximum absolute atomic E-state index is 12.9. The number of esters is 1. The molecule has 8 heteroatoms. The summed E-state index contributed by atoms with van der Waals surface area (Å²) in [5.74, 6) is -0.411. The van der Waals surface area contributed by atoms with Gasteiger partial charge in [0.1, 0.15) is 11.4 Å². The third-order valence-electron chi connectivity index (χ3n) is 4.52. The van der Waals surface area contributed by atoms with Crippen LogP contribution in [-0.2, 0) is 4.74 Å². The molecule has 0 unspecified atom stereocenters. The van der Waals surface area contributed by atoms with Gasteiger partial charge < -0.3 is 14.5 Å². The highest BCUT2D eigenvalue weighted by Gasteiger charge is 2.20. The Morgan fingerprint density at radius 3 is 2.48 bits per heavy atom. The Kier molecular flexibility index (Phi) is 4.74. The standard InChI is InChI=1S/C21H18N4O4/c1-28-13-9-7-12(8-10-13)24-25-20(26)19-18-15(11-17(23-19)21(27)29-2)14-5-3-4-6-16(14)22-18/h3-11,22,24H,1-2H3,(H,25,26). The van der Waals surface area contributed by atoms with Crippen molar-refractivity contribution in [1.82, 2.24) is 15.4 Å². The quantitative estimate of drug-likeness (QED) is 0.357. The third-order valence-corrected chi connectivity index (χ3v) is 4.52. The summed E-state index contributed by atoms with van der Waals surface area (Å²) in [6, 6.07) is 16.2. The zero-order valence-corrected chi connectivity index (χ0v) is 15.8. The van der Waals surface area contributed by atoms with Gasteiger partial charge in [-0.3, -0.25) is 15.6 Å². The van der Waals surface area contributed by atoms with E-state index in [1.165, 1.54) is 7.11 Å². The largest absolute Gasteiger partial charge is 0.497 e. The normalized spacial score (nSPS) is 10.7. The van der Waals surface area contributed by atoms with Crippen molar-refractivity contribution in [2.45, 2.75) is 0 Å². The van der Waals surface area contributed by atoms with Crippen molar-refractivity contribution in [2.24, 2.45) is 0 Å². The van der Waals surface area contributed by atoms with Crippen molar-refractivity contribution in [2.75, 3.05) is 19.6 Å². The van der Waals surface area contributed by atoms with Crippen LogP contribution in [0.4, 0.5) is 5.69 Å². The fraction of sp³-hybridized carbons (Fsp3) is 0.0952. The molecule has 0 aliphatic rings. The Labute approximate surface area is 165 Å². The maximum Gasteiger partial charge on any atom is 0.356 e. The molecule has 2 aromatic heterocycles. The predicted molar refractivity (Wildman–Crippen MR) is 109 cm³/mol. The van der Waals surface area contributed by atoms with Crippen LogP contribution >= 0.6 is 0 Å². The number of methoxy groups -OCH3 is 2. The van der Waals surface area contributed by atoms with E-state index in [4.69, 9.17) is 9.47 Å². The molecule has 2 heterocycles. The van der Waals surface area contributed by atoms with Crippen LogP contribution in [0.3, 0.4) is 0 Å². The van der Waals surface area contributed by atoms with E-state index in [9.17, 15) is 9.59 Å². The van der Waals surface area contributed by atoms with E-state index in [2.05, 4.69) is 20.8 Å². The van der Waals surface area contributed by atoms with Gasteiger partial charge in [0.2, 0.25) is 0 Å². The lowest BCUT2D eigenvalue weighted by molar-refractivity contribution is 0.0594. The molecule has 0 spiro atoms. The number of benzene rings is 2. The highest BCUT2D eigenvalue weighted by atomic mass is 16.5. The number of para-hydroxylation sites is 1. The van der Waals surface area contributed by atoms with Crippen LogP contribution in [0, 0.1) is 0 Å². The number of fused-ring (bicyclic) bond motifs is 3. The SMILES string of the molecule is COC(=O)c1cc2c([nH]c3ccccc32)c(C(=O)NNc2ccc(OC)cc2)n1. The minimum Gasteiger partial charge on any atom is -0.497 e. The number of nitrogens with one attached hydrogen (secondary N) is 3. The van der Waals surface area contributed by atoms with E-state index in [0.29, 0.717) is 22.3 Å². The number of pyridine rings is 1. The molecule has 3 N–H and O–H groups in total. The Morgan fingerprint density at radius 2 is 1.76 bits per heavy atom. The lowest BCUT2D eigenvalue weighted by Crippen LogP contribution is -2.30. The van der Waals surface area contributed by atoms with Crippen LogP contribution in [0.2, 0.25) is 0 Å². The van der Waals surface area contributed by atoms with Crippen LogP contribution in [0.25, 0.3) is 21.8 Å². The van der Waals surface area contributed by atoms with E-state index < -0.39 is 11.9 Å². The molecule has 4 aromatic rings. The van der Waals surface area contributed by atoms with Crippen molar-refractivity contribution in [3.63, 3.8) is 0 Å². The summed E-state index contributed by atoms with van der Waals surface area (Å²) in [4.78, 5) is 32.4. The van der Waals surface area contributed by atoms with Gasteiger partial charge in [0.25, 0.3) is 5.91 Å². The molecule has 0 saturated carbocycles. The number of carbonyl (C=O) groups excluding carboxylic acids is 2. The number of hydrogen-bond donors (Lipinski definition) is 3. The first-order chi connectivity index (χ1) is 14.1. The van der Waals surface area contributed by atoms with Gasteiger partial charge in [-0.15, -0.1) is 0 Å². The van der Waals surface area contributed by atoms with Crippen LogP contribution in [-0.4, -0.2) is 36.1 Å². The number of ether oxygens (including phenoxy) is 2. The molecule has 0 bridgehead atoms. The molecular formula is C21H18N4O4. The summed E-state index contributed by atoms with van der Waals surface area (Å²) >= 11 is 0. The number of nitrogens with zero attached hydrogens (tertiary/aromatic N) is 1. The maximum atomic E-state index is 12.9. The van der Waals surface area contributed by atoms with Gasteiger partial charge in [-0.1, -0.05) is 18.2 Å². The molecule has 1 amide bonds. The van der Waals surface area contributed by atoms with E-state index in [1.807, 2.05) is 24.3 Å². The monoisotopic (exact) mass is 390 g/mol. The average molecular weight is 390 g/mol. The van der Waals surface area contributed by atoms with Crippen LogP contribution in [0.15, 0.2) is 54.6 Å². The van der Waals surface area contributed by atoms with Crippen molar-refractivity contribution in [3.05, 3.63) is 66.0 Å². The lowest BCUT2D eigenvalue weighted by atomic mass is 10.1. The van der Waals surface area contributed by atoms with Gasteiger partial charge in [0.15, 0.2) is 5.69 Å². The van der Waals surface area contributed by atoms with Crippen LogP contribution in [0.1, 0.15) is 21.0 Å². The van der Waals surface area contributed by atoms with Crippen molar-refractivity contribution in [1.29, 1.82) is 0 Å². The van der Waals surface area contributed by atoms with Gasteiger partial charge in [0, 0.05) is 16.3 Å². The van der Waals surface area contributed by atoms with Crippen molar-refractivity contribution < 1.29 is 19.1 Å². The summed E-state index contributed by atoms with van der Waals surface area (Å²) in [5.41, 5.74) is 7.61. The topological polar surface area (TPSA) is 105 Å². The molecule has 4 rings (SSSR count). The molecule has 146 valence electrons. The minimum absolute atomic E-state index is 0.0550. The number of amides is 1. The number of rotatable bonds is 5. The first-order valence-electron chi connectivity index (χ1n) is 8.81. The molecule has 0 fully saturated rings. The lowest BCUT2D eigenvalue weighted by Gasteiger charge is -2.10. The van der Waals surface area contributed by atoms with E-state index >= 15 is 0 Å². The summed E-state index contributed by atoms with van der Waals surface area (Å²) in [5, 5.41) is 1.60. The van der Waals surface area contributed by atoms with Gasteiger partial charge in [-0.05, 0) is 36.4 Å². The smallest absolute Gasteiger partial charge is 0.356 e. The first kappa shape index (κ1) is 18.3. The molecule has 29 heavy (non-hydrogen) atoms. The van der Waals surface area contributed by atoms with Crippen molar-refractivity contribution >= 4 is 39.4 Å². The summed E-state index contributed by atoms with van der Waals surface area (Å²) < 4.78 is 9.90. The number of hydrogen-bond acceptors (Lipinski definition) is 6. The highest BCUT2D eigenvalue weighted by Crippen LogP contribution is 2.28. The second-order valence-electron chi connectivity index (χ2n) is 6.25. The Bertz CT molecular complexity index is 1210. The van der Waals surface area contributed by atoms with E-state index in [-0.39, 0.29) is 11.4 Å². The summed E-state index contributed by atoms with van der Waals surface area (Å²) in [7, 11) is 2.85. The van der Waals surface area contributed by atoms with Crippen molar-refractivity contribution in [3.8, 4) is 5.75 Å². The van der Waals surface area contributed by atoms with Gasteiger partial charge in [-0.25, -0.2) is 9.78 Å². The Hall–Kier alpha value is -4.07. The minimum atomic E-state index is -0.616. The van der Waals surface area contributed by atoms with Gasteiger partial charge in [0.05, 0.1) is 25.4 Å². The van der Waals surface area contributed by atoms with Crippen LogP contribution < -0.4 is 15.6 Å². The van der Waals surface area contributed by atoms with Gasteiger partial charge >= 0.3 is 5.97 Å². The number of anilines is 1. The molecule has 0 saturated heterocycles. The molecule has 2 aromatic carbocycles. The molecule has 0 aliphatic carbocycles. The first-order valence-corrected chi connectivity index (χ1v) is 8.81. The fourth-order valence-electron chi connectivity index (χ4n) is 3.08. The molecule has 0 radical (unpaired) electrons. The van der Waals surface area contributed by atoms with Gasteiger partial charge in [-0.2, -0.15) is 0 Å². The zero-order valence-electron chi connectivity index (χ0n) is 15.8. The third kappa shape index (κ3) is 3.43. The predicted octanol–water partition coefficient (Wildman–Crippen LogP) is 3.27. The molecule has 8 nitrogen and oxygen atoms in total.